The van der Waals surface area contributed by atoms with Gasteiger partial charge < -0.3 is 15.5 Å². The first kappa shape index (κ1) is 32.0. The molecule has 1 aromatic rings. The van der Waals surface area contributed by atoms with Crippen LogP contribution >= 0.6 is 0 Å². The van der Waals surface area contributed by atoms with Crippen LogP contribution in [-0.4, -0.2) is 39.9 Å². The van der Waals surface area contributed by atoms with Gasteiger partial charge >= 0.3 is 11.9 Å². The van der Waals surface area contributed by atoms with Gasteiger partial charge in [0, 0.05) is 12.0 Å². The fourth-order valence-corrected chi connectivity index (χ4v) is 11.7. The van der Waals surface area contributed by atoms with Crippen LogP contribution in [0, 0.1) is 50.2 Å². The fourth-order valence-electron chi connectivity index (χ4n) is 11.7. The van der Waals surface area contributed by atoms with Gasteiger partial charge in [-0.2, -0.15) is 0 Å². The lowest BCUT2D eigenvalue weighted by Crippen LogP contribution is -2.67. The van der Waals surface area contributed by atoms with Crippen molar-refractivity contribution in [1.29, 1.82) is 0 Å². The average molecular weight is 618 g/mol. The molecule has 1 amide bonds. The van der Waals surface area contributed by atoms with Crippen molar-refractivity contribution >= 4 is 23.6 Å². The van der Waals surface area contributed by atoms with Gasteiger partial charge in [0.15, 0.2) is 5.78 Å². The number of rotatable bonds is 4. The van der Waals surface area contributed by atoms with Crippen molar-refractivity contribution in [2.24, 2.45) is 50.2 Å². The second-order valence-electron chi connectivity index (χ2n) is 17.3. The van der Waals surface area contributed by atoms with Crippen molar-refractivity contribution in [2.75, 3.05) is 0 Å². The Kier molecular flexibility index (Phi) is 7.12. The summed E-state index contributed by atoms with van der Waals surface area (Å²) in [7, 11) is 0. The summed E-state index contributed by atoms with van der Waals surface area (Å²) in [6, 6.07) is 6.19. The Morgan fingerprint density at radius 1 is 0.822 bits per heavy atom. The van der Waals surface area contributed by atoms with E-state index in [0.29, 0.717) is 19.3 Å². The molecular weight excluding hydrogens is 566 g/mol. The van der Waals surface area contributed by atoms with Crippen LogP contribution in [0.25, 0.3) is 0 Å². The number of carboxylic acid groups (broad SMARTS) is 2. The number of carbonyl (C=O) groups is 4. The fraction of sp³-hybridized carbons (Fsp3) is 0.684. The minimum absolute atomic E-state index is 0.00394. The van der Waals surface area contributed by atoms with Gasteiger partial charge in [-0.25, -0.2) is 4.79 Å². The first-order valence-electron chi connectivity index (χ1n) is 17.0. The van der Waals surface area contributed by atoms with Crippen molar-refractivity contribution in [1.82, 2.24) is 5.32 Å². The highest BCUT2D eigenvalue weighted by Crippen LogP contribution is 2.75. The number of hydrogen-bond acceptors (Lipinski definition) is 4. The summed E-state index contributed by atoms with van der Waals surface area (Å²) in [6.45, 7) is 15.7. The summed E-state index contributed by atoms with van der Waals surface area (Å²) in [5, 5.41) is 23.1. The third kappa shape index (κ3) is 4.34. The molecule has 3 N–H and O–H groups in total. The zero-order valence-electron chi connectivity index (χ0n) is 28.1. The van der Waals surface area contributed by atoms with Crippen molar-refractivity contribution < 1.29 is 29.4 Å². The lowest BCUT2D eigenvalue weighted by molar-refractivity contribution is -0.189. The molecule has 4 saturated carbocycles. The third-order valence-electron chi connectivity index (χ3n) is 14.8. The molecule has 7 nitrogen and oxygen atoms in total. The van der Waals surface area contributed by atoms with Gasteiger partial charge in [0.2, 0.25) is 0 Å². The van der Waals surface area contributed by atoms with Gasteiger partial charge in [0.1, 0.15) is 0 Å². The van der Waals surface area contributed by atoms with Crippen molar-refractivity contribution in [3.05, 3.63) is 47.0 Å². The molecule has 0 spiro atoms. The van der Waals surface area contributed by atoms with E-state index in [1.807, 2.05) is 13.0 Å². The molecule has 5 aliphatic carbocycles. The van der Waals surface area contributed by atoms with E-state index >= 15 is 0 Å². The maximum atomic E-state index is 14.6. The largest absolute Gasteiger partial charge is 0.481 e. The number of hydrogen-bond donors (Lipinski definition) is 3. The molecule has 1 unspecified atom stereocenters. The van der Waals surface area contributed by atoms with Crippen LogP contribution in [0.5, 0.6) is 0 Å². The number of carboxylic acids is 2. The maximum absolute atomic E-state index is 14.6. The lowest BCUT2D eigenvalue weighted by Gasteiger charge is -2.70. The van der Waals surface area contributed by atoms with Gasteiger partial charge in [-0.05, 0) is 122 Å². The summed E-state index contributed by atoms with van der Waals surface area (Å²) in [4.78, 5) is 52.3. The van der Waals surface area contributed by atoms with E-state index in [4.69, 9.17) is 0 Å². The number of fused-ring (bicyclic) bond motifs is 7. The summed E-state index contributed by atoms with van der Waals surface area (Å²) < 4.78 is 0. The van der Waals surface area contributed by atoms with Gasteiger partial charge in [-0.1, -0.05) is 59.2 Å². The SMILES string of the molecule is CC1(C)C(NC(=O)c2ccccc2C(=O)O)CC[C@]2(C)[C@H]3C(=O)C=C4[C@H]5C[C@@](C)(C(=O)O)CC[C@]5(C)CC[C@@]4(C)[C@]3(C)CC[C@@H]12. The topological polar surface area (TPSA) is 121 Å². The van der Waals surface area contributed by atoms with Gasteiger partial charge in [-0.3, -0.25) is 14.4 Å². The average Bonchev–Trinajstić information content (AvgIpc) is 2.96. The molecule has 5 aliphatic rings. The lowest BCUT2D eigenvalue weighted by atomic mass is 9.33. The molecule has 0 aromatic heterocycles. The zero-order chi connectivity index (χ0) is 33.0. The van der Waals surface area contributed by atoms with E-state index in [1.54, 1.807) is 18.2 Å². The molecule has 1 aromatic carbocycles. The van der Waals surface area contributed by atoms with Crippen molar-refractivity contribution in [2.45, 2.75) is 112 Å². The Bertz CT molecular complexity index is 1510. The Balaban J connectivity index is 1.33. The molecule has 0 aliphatic heterocycles. The number of ketones is 1. The number of aromatic carboxylic acids is 1. The molecule has 45 heavy (non-hydrogen) atoms. The standard InChI is InChI=1S/C38H51NO6/c1-33(2)27-12-15-38(7)29(36(27,5)14-13-28(33)39-30(41)22-10-8-9-11-23(22)31(42)43)26(40)20-24-25-21-35(4,32(44)45)17-16-34(25,3)18-19-37(24,38)6/h8-11,20,25,27-29H,12-19,21H2,1-7H3,(H,39,41)(H,42,43)(H,44,45)/t25-,27+,28?,29-,34-,35+,36+,37-,38-/m1/s1. The summed E-state index contributed by atoms with van der Waals surface area (Å²) in [6.07, 6.45) is 9.57. The number of allylic oxidation sites excluding steroid dienone is 2. The summed E-state index contributed by atoms with van der Waals surface area (Å²) in [5.74, 6) is -1.88. The number of nitrogens with one attached hydrogen (secondary N) is 1. The van der Waals surface area contributed by atoms with Crippen LogP contribution in [0.1, 0.15) is 127 Å². The second kappa shape index (κ2) is 10.0. The molecule has 9 atom stereocenters. The van der Waals surface area contributed by atoms with E-state index in [1.165, 1.54) is 11.6 Å². The van der Waals surface area contributed by atoms with Crippen molar-refractivity contribution in [3.8, 4) is 0 Å². The minimum Gasteiger partial charge on any atom is -0.481 e. The Morgan fingerprint density at radius 2 is 1.47 bits per heavy atom. The Hall–Kier alpha value is -2.96. The van der Waals surface area contributed by atoms with E-state index in [-0.39, 0.29) is 73.7 Å². The zero-order valence-corrected chi connectivity index (χ0v) is 28.1. The first-order chi connectivity index (χ1) is 20.8. The van der Waals surface area contributed by atoms with E-state index < -0.39 is 17.4 Å². The Morgan fingerprint density at radius 3 is 2.11 bits per heavy atom. The van der Waals surface area contributed by atoms with Crippen LogP contribution in [-0.2, 0) is 9.59 Å². The highest BCUT2D eigenvalue weighted by molar-refractivity contribution is 6.05. The van der Waals surface area contributed by atoms with E-state index in [2.05, 4.69) is 46.9 Å². The van der Waals surface area contributed by atoms with Crippen LogP contribution in [0.15, 0.2) is 35.9 Å². The highest BCUT2D eigenvalue weighted by atomic mass is 16.4. The molecule has 0 saturated heterocycles. The maximum Gasteiger partial charge on any atom is 0.336 e. The third-order valence-corrected chi connectivity index (χ3v) is 14.8. The van der Waals surface area contributed by atoms with Crippen LogP contribution < -0.4 is 5.32 Å². The molecular formula is C38H51NO6. The van der Waals surface area contributed by atoms with Crippen molar-refractivity contribution in [3.63, 3.8) is 0 Å². The minimum atomic E-state index is -1.12. The number of aliphatic carboxylic acids is 1. The van der Waals surface area contributed by atoms with Gasteiger partial charge in [0.05, 0.1) is 16.5 Å². The quantitative estimate of drug-likeness (QED) is 0.321. The molecule has 6 rings (SSSR count). The smallest absolute Gasteiger partial charge is 0.336 e. The number of carbonyl (C=O) groups excluding carboxylic acids is 2. The molecule has 0 bridgehead atoms. The number of amides is 1. The molecule has 244 valence electrons. The summed E-state index contributed by atoms with van der Waals surface area (Å²) in [5.41, 5.74) is -0.381. The monoisotopic (exact) mass is 617 g/mol. The molecule has 4 fully saturated rings. The predicted molar refractivity (Wildman–Crippen MR) is 172 cm³/mol. The summed E-state index contributed by atoms with van der Waals surface area (Å²) >= 11 is 0. The molecule has 7 heteroatoms. The number of benzene rings is 1. The predicted octanol–water partition coefficient (Wildman–Crippen LogP) is 7.55. The normalized spacial score (nSPS) is 43.4. The highest BCUT2D eigenvalue weighted by Gasteiger charge is 2.70. The van der Waals surface area contributed by atoms with Gasteiger partial charge in [0.25, 0.3) is 5.91 Å². The second-order valence-corrected chi connectivity index (χ2v) is 17.3. The first-order valence-corrected chi connectivity index (χ1v) is 17.0. The van der Waals surface area contributed by atoms with E-state index in [0.717, 1.165) is 38.5 Å². The Labute approximate surface area is 267 Å². The van der Waals surface area contributed by atoms with Crippen LogP contribution in [0.4, 0.5) is 0 Å². The van der Waals surface area contributed by atoms with Gasteiger partial charge in [-0.15, -0.1) is 0 Å². The molecule has 0 radical (unpaired) electrons. The van der Waals surface area contributed by atoms with Crippen LogP contribution in [0.2, 0.25) is 0 Å². The van der Waals surface area contributed by atoms with E-state index in [9.17, 15) is 29.4 Å². The molecule has 0 heterocycles. The van der Waals surface area contributed by atoms with Crippen LogP contribution in [0.3, 0.4) is 0 Å².